The lowest BCUT2D eigenvalue weighted by molar-refractivity contribution is 0.630. The molecule has 0 aliphatic rings. The second kappa shape index (κ2) is 4.97. The van der Waals surface area contributed by atoms with Crippen LogP contribution in [-0.2, 0) is 6.42 Å². The minimum atomic E-state index is -0.169. The van der Waals surface area contributed by atoms with Crippen LogP contribution < -0.4 is 0 Å². The minimum Gasteiger partial charge on any atom is -0.207 e. The normalized spacial score (nSPS) is 11.3. The van der Waals surface area contributed by atoms with Crippen molar-refractivity contribution < 1.29 is 4.39 Å². The standard InChI is InChI=1S/C19H13FS/c20-17-7-8-19-16(11-17)12-18(21-19)10-13-5-6-14-3-1-2-4-15(14)9-13/h1-9,11-12H,10H2. The van der Waals surface area contributed by atoms with Gasteiger partial charge in [-0.3, -0.25) is 0 Å². The maximum absolute atomic E-state index is 13.3. The van der Waals surface area contributed by atoms with Crippen molar-refractivity contribution in [3.05, 3.63) is 83.0 Å². The lowest BCUT2D eigenvalue weighted by Gasteiger charge is -2.02. The van der Waals surface area contributed by atoms with E-state index in [2.05, 4.69) is 48.5 Å². The molecule has 1 aromatic heterocycles. The Morgan fingerprint density at radius 3 is 2.52 bits per heavy atom. The van der Waals surface area contributed by atoms with E-state index >= 15 is 0 Å². The molecule has 2 heteroatoms. The van der Waals surface area contributed by atoms with Gasteiger partial charge in [0.05, 0.1) is 0 Å². The molecule has 0 bridgehead atoms. The molecule has 4 aromatic rings. The summed E-state index contributed by atoms with van der Waals surface area (Å²) in [6, 6.07) is 22.1. The van der Waals surface area contributed by atoms with E-state index in [4.69, 9.17) is 0 Å². The van der Waals surface area contributed by atoms with E-state index in [0.717, 1.165) is 16.5 Å². The molecule has 3 aromatic carbocycles. The highest BCUT2D eigenvalue weighted by Gasteiger charge is 2.05. The number of thiophene rings is 1. The van der Waals surface area contributed by atoms with Crippen molar-refractivity contribution in [2.24, 2.45) is 0 Å². The highest BCUT2D eigenvalue weighted by molar-refractivity contribution is 7.19. The van der Waals surface area contributed by atoms with Crippen LogP contribution in [0, 0.1) is 5.82 Å². The Hall–Kier alpha value is -2.19. The molecule has 102 valence electrons. The molecule has 0 saturated carbocycles. The molecule has 0 radical (unpaired) electrons. The Bertz CT molecular complexity index is 937. The van der Waals surface area contributed by atoms with Crippen LogP contribution in [-0.4, -0.2) is 0 Å². The first-order valence-electron chi connectivity index (χ1n) is 6.94. The van der Waals surface area contributed by atoms with Crippen molar-refractivity contribution >= 4 is 32.2 Å². The molecular formula is C19H13FS. The first-order chi connectivity index (χ1) is 10.3. The zero-order valence-electron chi connectivity index (χ0n) is 11.3. The number of hydrogen-bond donors (Lipinski definition) is 0. The van der Waals surface area contributed by atoms with Crippen molar-refractivity contribution in [3.63, 3.8) is 0 Å². The van der Waals surface area contributed by atoms with Crippen molar-refractivity contribution in [2.75, 3.05) is 0 Å². The number of fused-ring (bicyclic) bond motifs is 2. The molecule has 0 nitrogen and oxygen atoms in total. The smallest absolute Gasteiger partial charge is 0.123 e. The third kappa shape index (κ3) is 2.43. The van der Waals surface area contributed by atoms with Gasteiger partial charge in [0.15, 0.2) is 0 Å². The Morgan fingerprint density at radius 1 is 0.762 bits per heavy atom. The van der Waals surface area contributed by atoms with Crippen LogP contribution in [0.3, 0.4) is 0 Å². The fourth-order valence-corrected chi connectivity index (χ4v) is 3.79. The second-order valence-electron chi connectivity index (χ2n) is 5.25. The van der Waals surface area contributed by atoms with Crippen molar-refractivity contribution in [1.29, 1.82) is 0 Å². The van der Waals surface area contributed by atoms with Gasteiger partial charge in [-0.15, -0.1) is 11.3 Å². The van der Waals surface area contributed by atoms with Gasteiger partial charge in [0.25, 0.3) is 0 Å². The highest BCUT2D eigenvalue weighted by Crippen LogP contribution is 2.28. The van der Waals surface area contributed by atoms with E-state index < -0.39 is 0 Å². The molecule has 0 saturated heterocycles. The predicted molar refractivity (Wildman–Crippen MR) is 88.5 cm³/mol. The maximum Gasteiger partial charge on any atom is 0.123 e. The Labute approximate surface area is 126 Å². The van der Waals surface area contributed by atoms with Gasteiger partial charge in [0.2, 0.25) is 0 Å². The predicted octanol–water partition coefficient (Wildman–Crippen LogP) is 5.78. The zero-order valence-corrected chi connectivity index (χ0v) is 12.2. The fourth-order valence-electron chi connectivity index (χ4n) is 2.71. The summed E-state index contributed by atoms with van der Waals surface area (Å²) in [5.74, 6) is -0.169. The van der Waals surface area contributed by atoms with Crippen LogP contribution in [0.5, 0.6) is 0 Å². The van der Waals surface area contributed by atoms with Gasteiger partial charge in [0.1, 0.15) is 5.82 Å². The summed E-state index contributed by atoms with van der Waals surface area (Å²) in [6.07, 6.45) is 0.895. The SMILES string of the molecule is Fc1ccc2sc(Cc3ccc4ccccc4c3)cc2c1. The Balaban J connectivity index is 1.71. The minimum absolute atomic E-state index is 0.169. The van der Waals surface area contributed by atoms with Crippen LogP contribution in [0.25, 0.3) is 20.9 Å². The number of hydrogen-bond acceptors (Lipinski definition) is 1. The van der Waals surface area contributed by atoms with Crippen LogP contribution in [0.2, 0.25) is 0 Å². The number of halogens is 1. The first kappa shape index (κ1) is 12.5. The van der Waals surface area contributed by atoms with Crippen molar-refractivity contribution in [2.45, 2.75) is 6.42 Å². The van der Waals surface area contributed by atoms with E-state index in [1.165, 1.54) is 27.3 Å². The third-order valence-electron chi connectivity index (χ3n) is 3.72. The lowest BCUT2D eigenvalue weighted by Crippen LogP contribution is -1.84. The Morgan fingerprint density at radius 2 is 1.62 bits per heavy atom. The van der Waals surface area contributed by atoms with Gasteiger partial charge in [-0.25, -0.2) is 4.39 Å². The molecular weight excluding hydrogens is 279 g/mol. The molecule has 21 heavy (non-hydrogen) atoms. The van der Waals surface area contributed by atoms with Crippen molar-refractivity contribution in [1.82, 2.24) is 0 Å². The summed E-state index contributed by atoms with van der Waals surface area (Å²) in [7, 11) is 0. The second-order valence-corrected chi connectivity index (χ2v) is 6.42. The molecule has 4 rings (SSSR count). The van der Waals surface area contributed by atoms with Gasteiger partial charge < -0.3 is 0 Å². The van der Waals surface area contributed by atoms with Crippen LogP contribution in [0.1, 0.15) is 10.4 Å². The monoisotopic (exact) mass is 292 g/mol. The zero-order chi connectivity index (χ0) is 14.2. The molecule has 0 N–H and O–H groups in total. The highest BCUT2D eigenvalue weighted by atomic mass is 32.1. The van der Waals surface area contributed by atoms with E-state index in [-0.39, 0.29) is 5.82 Å². The topological polar surface area (TPSA) is 0 Å². The molecule has 0 aliphatic carbocycles. The van der Waals surface area contributed by atoms with Gasteiger partial charge in [-0.1, -0.05) is 42.5 Å². The van der Waals surface area contributed by atoms with Crippen LogP contribution >= 0.6 is 11.3 Å². The number of rotatable bonds is 2. The molecule has 0 spiro atoms. The number of benzene rings is 3. The van der Waals surface area contributed by atoms with Gasteiger partial charge >= 0.3 is 0 Å². The van der Waals surface area contributed by atoms with E-state index in [0.29, 0.717) is 0 Å². The van der Waals surface area contributed by atoms with E-state index in [1.54, 1.807) is 17.4 Å². The molecule has 0 unspecified atom stereocenters. The van der Waals surface area contributed by atoms with E-state index in [9.17, 15) is 4.39 Å². The van der Waals surface area contributed by atoms with E-state index in [1.807, 2.05) is 6.07 Å². The first-order valence-corrected chi connectivity index (χ1v) is 7.75. The van der Waals surface area contributed by atoms with Crippen LogP contribution in [0.15, 0.2) is 66.7 Å². The summed E-state index contributed by atoms with van der Waals surface area (Å²) < 4.78 is 14.4. The largest absolute Gasteiger partial charge is 0.207 e. The summed E-state index contributed by atoms with van der Waals surface area (Å²) in [4.78, 5) is 1.27. The van der Waals surface area contributed by atoms with Crippen molar-refractivity contribution in [3.8, 4) is 0 Å². The van der Waals surface area contributed by atoms with Gasteiger partial charge in [-0.2, -0.15) is 0 Å². The molecule has 0 aliphatic heterocycles. The average molecular weight is 292 g/mol. The van der Waals surface area contributed by atoms with Crippen LogP contribution in [0.4, 0.5) is 4.39 Å². The fraction of sp³-hybridized carbons (Fsp3) is 0.0526. The molecule has 0 fully saturated rings. The Kier molecular flexibility index (Phi) is 2.97. The summed E-state index contributed by atoms with van der Waals surface area (Å²) >= 11 is 1.74. The summed E-state index contributed by atoms with van der Waals surface area (Å²) in [6.45, 7) is 0. The quantitative estimate of drug-likeness (QED) is 0.439. The summed E-state index contributed by atoms with van der Waals surface area (Å²) in [5, 5.41) is 3.53. The maximum atomic E-state index is 13.3. The van der Waals surface area contributed by atoms with Gasteiger partial charge in [-0.05, 0) is 46.0 Å². The third-order valence-corrected chi connectivity index (χ3v) is 4.84. The molecule has 0 amide bonds. The molecule has 1 heterocycles. The molecule has 0 atom stereocenters. The average Bonchev–Trinajstić information content (AvgIpc) is 2.88. The van der Waals surface area contributed by atoms with Gasteiger partial charge in [0, 0.05) is 16.0 Å². The summed E-state index contributed by atoms with van der Waals surface area (Å²) in [5.41, 5.74) is 1.29. The lowest BCUT2D eigenvalue weighted by atomic mass is 10.0.